The van der Waals surface area contributed by atoms with Crippen LogP contribution in [-0.4, -0.2) is 51.0 Å². The predicted octanol–water partition coefficient (Wildman–Crippen LogP) is 2.46. The molecule has 9 heteroatoms. The number of hydrogen-bond donors (Lipinski definition) is 2. The molecule has 1 saturated heterocycles. The molecule has 2 amide bonds. The second-order valence-corrected chi connectivity index (χ2v) is 10.5. The van der Waals surface area contributed by atoms with Gasteiger partial charge in [0.15, 0.2) is 17.0 Å². The molecule has 2 aliphatic heterocycles. The van der Waals surface area contributed by atoms with Gasteiger partial charge in [0, 0.05) is 32.4 Å². The number of piperidine rings is 1. The molecule has 0 unspecified atom stereocenters. The fraction of sp³-hybridized carbons (Fsp3) is 0.542. The third-order valence-corrected chi connectivity index (χ3v) is 6.97. The maximum atomic E-state index is 12.9. The lowest BCUT2D eigenvalue weighted by Crippen LogP contribution is -2.46. The minimum Gasteiger partial charge on any atom is -0.355 e. The smallest absolute Gasteiger partial charge is 0.287 e. The van der Waals surface area contributed by atoms with Gasteiger partial charge in [-0.1, -0.05) is 26.8 Å². The zero-order chi connectivity index (χ0) is 23.4. The Balaban J connectivity index is 1.40. The van der Waals surface area contributed by atoms with Gasteiger partial charge in [0.05, 0.1) is 5.41 Å². The van der Waals surface area contributed by atoms with Gasteiger partial charge in [-0.3, -0.25) is 9.59 Å². The molecule has 0 aromatic carbocycles. The van der Waals surface area contributed by atoms with Crippen LogP contribution in [0.2, 0.25) is 0 Å². The number of rotatable bonds is 3. The topological polar surface area (TPSA) is 105 Å². The van der Waals surface area contributed by atoms with E-state index >= 15 is 0 Å². The first kappa shape index (κ1) is 21.6. The molecule has 174 valence electrons. The summed E-state index contributed by atoms with van der Waals surface area (Å²) < 4.78 is 1.72. The number of anilines is 1. The molecule has 5 rings (SSSR count). The molecule has 2 aromatic rings. The lowest BCUT2D eigenvalue weighted by molar-refractivity contribution is -0.127. The van der Waals surface area contributed by atoms with Crippen molar-refractivity contribution in [1.29, 1.82) is 0 Å². The number of nitrogens with one attached hydrogen (secondary N) is 2. The van der Waals surface area contributed by atoms with Crippen molar-refractivity contribution in [3.63, 3.8) is 0 Å². The second kappa shape index (κ2) is 7.67. The third-order valence-electron chi connectivity index (χ3n) is 6.97. The maximum absolute atomic E-state index is 12.9. The van der Waals surface area contributed by atoms with Crippen LogP contribution in [0.25, 0.3) is 11.2 Å². The molecule has 2 N–H and O–H groups in total. The Hall–Kier alpha value is -3.23. The highest BCUT2D eigenvalue weighted by atomic mass is 16.2. The zero-order valence-corrected chi connectivity index (χ0v) is 19.7. The van der Waals surface area contributed by atoms with Crippen molar-refractivity contribution in [3.05, 3.63) is 35.6 Å². The van der Waals surface area contributed by atoms with Crippen molar-refractivity contribution >= 4 is 28.8 Å². The Morgan fingerprint density at radius 3 is 2.73 bits per heavy atom. The number of fused-ring (bicyclic) bond motifs is 2. The van der Waals surface area contributed by atoms with Crippen LogP contribution >= 0.6 is 0 Å². The molecule has 9 nitrogen and oxygen atoms in total. The quantitative estimate of drug-likeness (QED) is 0.746. The first-order valence-electron chi connectivity index (χ1n) is 11.6. The molecular weight excluding hydrogens is 418 g/mol. The summed E-state index contributed by atoms with van der Waals surface area (Å²) in [6, 6.07) is 0. The van der Waals surface area contributed by atoms with Crippen LogP contribution in [0.4, 0.5) is 5.82 Å². The number of nitrogens with zero attached hydrogens (tertiary/aromatic N) is 5. The Labute approximate surface area is 193 Å². The van der Waals surface area contributed by atoms with Gasteiger partial charge in [-0.15, -0.1) is 0 Å². The summed E-state index contributed by atoms with van der Waals surface area (Å²) in [6.07, 6.45) is 9.10. The summed E-state index contributed by atoms with van der Waals surface area (Å²) in [5.41, 5.74) is 3.07. The van der Waals surface area contributed by atoms with Crippen molar-refractivity contribution in [1.82, 2.24) is 30.2 Å². The lowest BCUT2D eigenvalue weighted by atomic mass is 9.71. The molecule has 1 spiro atoms. The summed E-state index contributed by atoms with van der Waals surface area (Å²) in [5, 5.41) is 6.06. The van der Waals surface area contributed by atoms with E-state index in [0.717, 1.165) is 37.2 Å². The van der Waals surface area contributed by atoms with Gasteiger partial charge >= 0.3 is 0 Å². The fourth-order valence-electron chi connectivity index (χ4n) is 5.13. The SMILES string of the molecule is Cn1c(C(=O)NCC(C)(C)C)nc2c(N3CCC4(CC3)C(=O)NC3=C4CCC=C3)ncnc21. The molecule has 0 saturated carbocycles. The summed E-state index contributed by atoms with van der Waals surface area (Å²) in [4.78, 5) is 41.5. The van der Waals surface area contributed by atoms with Crippen molar-refractivity contribution in [2.45, 2.75) is 46.5 Å². The highest BCUT2D eigenvalue weighted by Gasteiger charge is 2.49. The van der Waals surface area contributed by atoms with Crippen LogP contribution in [0.3, 0.4) is 0 Å². The number of allylic oxidation sites excluding steroid dienone is 2. The van der Waals surface area contributed by atoms with E-state index in [1.165, 1.54) is 11.9 Å². The number of hydrogen-bond acceptors (Lipinski definition) is 6. The van der Waals surface area contributed by atoms with Crippen molar-refractivity contribution in [2.24, 2.45) is 17.9 Å². The van der Waals surface area contributed by atoms with E-state index in [4.69, 9.17) is 0 Å². The number of amides is 2. The van der Waals surface area contributed by atoms with Gasteiger partial charge in [0.1, 0.15) is 6.33 Å². The first-order chi connectivity index (χ1) is 15.7. The van der Waals surface area contributed by atoms with Crippen molar-refractivity contribution < 1.29 is 9.59 Å². The number of aromatic nitrogens is 4. The molecule has 33 heavy (non-hydrogen) atoms. The molecule has 0 radical (unpaired) electrons. The van der Waals surface area contributed by atoms with Gasteiger partial charge in [-0.25, -0.2) is 15.0 Å². The Morgan fingerprint density at radius 1 is 1.24 bits per heavy atom. The van der Waals surface area contributed by atoms with Gasteiger partial charge in [-0.05, 0) is 42.7 Å². The number of carbonyl (C=O) groups is 2. The Kier molecular flexibility index (Phi) is 5.02. The predicted molar refractivity (Wildman–Crippen MR) is 126 cm³/mol. The van der Waals surface area contributed by atoms with Crippen LogP contribution in [0.1, 0.15) is 57.1 Å². The highest BCUT2D eigenvalue weighted by Crippen LogP contribution is 2.48. The van der Waals surface area contributed by atoms with Crippen LogP contribution < -0.4 is 15.5 Å². The molecule has 0 atom stereocenters. The van der Waals surface area contributed by atoms with E-state index < -0.39 is 5.41 Å². The first-order valence-corrected chi connectivity index (χ1v) is 11.6. The van der Waals surface area contributed by atoms with Crippen molar-refractivity contribution in [2.75, 3.05) is 24.5 Å². The normalized spacial score (nSPS) is 19.9. The maximum Gasteiger partial charge on any atom is 0.287 e. The Morgan fingerprint density at radius 2 is 2.00 bits per heavy atom. The minimum absolute atomic E-state index is 0.0229. The molecule has 1 aliphatic carbocycles. The third kappa shape index (κ3) is 3.59. The van der Waals surface area contributed by atoms with Crippen LogP contribution in [0.5, 0.6) is 0 Å². The van der Waals surface area contributed by atoms with E-state index in [1.807, 2.05) is 6.08 Å². The molecular formula is C24H31N7O2. The van der Waals surface area contributed by atoms with E-state index in [9.17, 15) is 9.59 Å². The van der Waals surface area contributed by atoms with E-state index in [-0.39, 0.29) is 17.2 Å². The largest absolute Gasteiger partial charge is 0.355 e. The number of aryl methyl sites for hydroxylation is 1. The van der Waals surface area contributed by atoms with Gasteiger partial charge in [0.2, 0.25) is 11.7 Å². The molecule has 4 heterocycles. The molecule has 3 aliphatic rings. The molecule has 2 aromatic heterocycles. The van der Waals surface area contributed by atoms with Gasteiger partial charge in [-0.2, -0.15) is 0 Å². The zero-order valence-electron chi connectivity index (χ0n) is 19.7. The van der Waals surface area contributed by atoms with Crippen LogP contribution in [-0.2, 0) is 11.8 Å². The van der Waals surface area contributed by atoms with Gasteiger partial charge < -0.3 is 20.1 Å². The van der Waals surface area contributed by atoms with Crippen LogP contribution in [0, 0.1) is 10.8 Å². The number of imidazole rings is 1. The Bertz CT molecular complexity index is 1190. The van der Waals surface area contributed by atoms with Gasteiger partial charge in [0.25, 0.3) is 5.91 Å². The van der Waals surface area contributed by atoms with E-state index in [1.54, 1.807) is 11.6 Å². The van der Waals surface area contributed by atoms with Crippen molar-refractivity contribution in [3.8, 4) is 0 Å². The average Bonchev–Trinajstić information content (AvgIpc) is 3.27. The lowest BCUT2D eigenvalue weighted by Gasteiger charge is -2.40. The standard InChI is InChI=1S/C24H31N7O2/c1-23(2,3)13-25-21(32)20-29-17-18(30(20)4)26-14-27-19(17)31-11-9-24(10-12-31)15-7-5-6-8-16(15)28-22(24)33/h6,8,14H,5,7,9-13H2,1-4H3,(H,25,32)(H,28,33). The van der Waals surface area contributed by atoms with Crippen LogP contribution in [0.15, 0.2) is 29.7 Å². The highest BCUT2D eigenvalue weighted by molar-refractivity contribution is 5.96. The monoisotopic (exact) mass is 449 g/mol. The number of carbonyl (C=O) groups excluding carboxylic acids is 2. The molecule has 0 bridgehead atoms. The molecule has 1 fully saturated rings. The summed E-state index contributed by atoms with van der Waals surface area (Å²) in [5.74, 6) is 0.948. The minimum atomic E-state index is -0.412. The summed E-state index contributed by atoms with van der Waals surface area (Å²) in [6.45, 7) is 8.16. The fourth-order valence-corrected chi connectivity index (χ4v) is 5.13. The average molecular weight is 450 g/mol. The van der Waals surface area contributed by atoms with E-state index in [0.29, 0.717) is 36.6 Å². The summed E-state index contributed by atoms with van der Waals surface area (Å²) in [7, 11) is 1.80. The second-order valence-electron chi connectivity index (χ2n) is 10.5. The van der Waals surface area contributed by atoms with E-state index in [2.05, 4.69) is 57.3 Å². The summed E-state index contributed by atoms with van der Waals surface area (Å²) >= 11 is 0.